The Balaban J connectivity index is 1.75. The van der Waals surface area contributed by atoms with Gasteiger partial charge >= 0.3 is 0 Å². The first-order valence-corrected chi connectivity index (χ1v) is 11.0. The summed E-state index contributed by atoms with van der Waals surface area (Å²) >= 11 is 0. The molecule has 34 heavy (non-hydrogen) atoms. The molecule has 0 aliphatic rings. The van der Waals surface area contributed by atoms with Crippen molar-refractivity contribution in [3.8, 4) is 11.1 Å². The molecule has 2 heterocycles. The fourth-order valence-electron chi connectivity index (χ4n) is 3.75. The summed E-state index contributed by atoms with van der Waals surface area (Å²) in [6.07, 6.45) is 6.94. The maximum atomic E-state index is 12.0. The number of benzene rings is 2. The van der Waals surface area contributed by atoms with Crippen LogP contribution in [0.15, 0.2) is 79.4 Å². The van der Waals surface area contributed by atoms with E-state index in [1.165, 1.54) is 0 Å². The highest BCUT2D eigenvalue weighted by molar-refractivity contribution is 6.03. The number of rotatable bonds is 6. The molecule has 1 amide bonds. The normalized spacial score (nSPS) is 11.9. The summed E-state index contributed by atoms with van der Waals surface area (Å²) in [6, 6.07) is 17.3. The van der Waals surface area contributed by atoms with Gasteiger partial charge in [-0.2, -0.15) is 0 Å². The van der Waals surface area contributed by atoms with Crippen LogP contribution in [0.4, 0.5) is 11.4 Å². The zero-order chi connectivity index (χ0) is 24.3. The fraction of sp³-hybridized carbons (Fsp3) is 0.148. The number of primary amides is 1. The van der Waals surface area contributed by atoms with Gasteiger partial charge < -0.3 is 22.1 Å². The summed E-state index contributed by atoms with van der Waals surface area (Å²) in [5.74, 6) is -0.470. The van der Waals surface area contributed by atoms with Gasteiger partial charge in [0.25, 0.3) is 5.91 Å². The Kier molecular flexibility index (Phi) is 6.19. The minimum Gasteiger partial charge on any atom is -0.397 e. The number of anilines is 2. The van der Waals surface area contributed by atoms with Gasteiger partial charge in [-0.25, -0.2) is 0 Å². The first kappa shape index (κ1) is 22.8. The molecular formula is C27H28N6O. The number of aromatic nitrogens is 2. The van der Waals surface area contributed by atoms with E-state index in [1.54, 1.807) is 30.9 Å². The molecule has 0 bridgehead atoms. The monoisotopic (exact) mass is 452 g/mol. The molecule has 4 aromatic rings. The van der Waals surface area contributed by atoms with Gasteiger partial charge in [0.2, 0.25) is 0 Å². The number of carbonyl (C=O) groups is 1. The predicted molar refractivity (Wildman–Crippen MR) is 139 cm³/mol. The van der Waals surface area contributed by atoms with E-state index >= 15 is 0 Å². The molecule has 7 heteroatoms. The molecule has 0 atom stereocenters. The van der Waals surface area contributed by atoms with E-state index in [0.29, 0.717) is 16.9 Å². The third-order valence-corrected chi connectivity index (χ3v) is 5.25. The molecule has 0 spiro atoms. The van der Waals surface area contributed by atoms with E-state index in [9.17, 15) is 4.79 Å². The number of nitrogens with two attached hydrogens (primary N) is 2. The lowest BCUT2D eigenvalue weighted by Crippen LogP contribution is -2.28. The minimum absolute atomic E-state index is 0.235. The van der Waals surface area contributed by atoms with Crippen LogP contribution >= 0.6 is 0 Å². The third kappa shape index (κ3) is 4.99. The molecular weight excluding hydrogens is 424 g/mol. The van der Waals surface area contributed by atoms with Gasteiger partial charge in [-0.1, -0.05) is 18.2 Å². The molecule has 2 aromatic heterocycles. The van der Waals surface area contributed by atoms with Crippen LogP contribution in [0.5, 0.6) is 0 Å². The van der Waals surface area contributed by atoms with E-state index in [-0.39, 0.29) is 5.54 Å². The van der Waals surface area contributed by atoms with Crippen molar-refractivity contribution in [2.75, 3.05) is 10.6 Å². The smallest absolute Gasteiger partial charge is 0.250 e. The van der Waals surface area contributed by atoms with Gasteiger partial charge in [-0.3, -0.25) is 14.8 Å². The summed E-state index contributed by atoms with van der Waals surface area (Å²) in [5.41, 5.74) is 17.7. The summed E-state index contributed by atoms with van der Waals surface area (Å²) in [5, 5.41) is 7.64. The number of nitrogens with zero attached hydrogens (tertiary/aromatic N) is 2. The second-order valence-corrected chi connectivity index (χ2v) is 9.05. The number of nitrogens with one attached hydrogen (secondary N) is 2. The molecule has 4 rings (SSSR count). The zero-order valence-corrected chi connectivity index (χ0v) is 19.5. The minimum atomic E-state index is -0.470. The van der Waals surface area contributed by atoms with Gasteiger partial charge in [0, 0.05) is 47.0 Å². The standard InChI is InChI=1S/C27H28N6O/c1-27(2,3)33-24-14-17(9-10-21(24)26(29)34)19-11-13-31-25-20(19)7-4-8-23(25)32-16-22(28)18-6-5-12-30-15-18/h4-16,32-33H,28H2,1-3H3,(H2,29,34)/b22-16-. The van der Waals surface area contributed by atoms with Crippen molar-refractivity contribution in [2.24, 2.45) is 11.5 Å². The molecule has 172 valence electrons. The number of pyridine rings is 2. The molecule has 0 radical (unpaired) electrons. The van der Waals surface area contributed by atoms with E-state index < -0.39 is 5.91 Å². The third-order valence-electron chi connectivity index (χ3n) is 5.25. The molecule has 2 aromatic carbocycles. The number of hydrogen-bond donors (Lipinski definition) is 4. The van der Waals surface area contributed by atoms with Crippen LogP contribution < -0.4 is 22.1 Å². The lowest BCUT2D eigenvalue weighted by atomic mass is 9.97. The highest BCUT2D eigenvalue weighted by Crippen LogP contribution is 2.34. The Morgan fingerprint density at radius 1 is 0.971 bits per heavy atom. The van der Waals surface area contributed by atoms with Gasteiger partial charge in [-0.15, -0.1) is 0 Å². The Bertz CT molecular complexity index is 1370. The van der Waals surface area contributed by atoms with Crippen LogP contribution in [0, 0.1) is 0 Å². The second-order valence-electron chi connectivity index (χ2n) is 9.05. The summed E-state index contributed by atoms with van der Waals surface area (Å²) in [4.78, 5) is 20.7. The Labute approximate surface area is 198 Å². The van der Waals surface area contributed by atoms with Crippen LogP contribution in [0.3, 0.4) is 0 Å². The van der Waals surface area contributed by atoms with Crippen LogP contribution in [-0.2, 0) is 0 Å². The van der Waals surface area contributed by atoms with Gasteiger partial charge in [0.05, 0.1) is 22.5 Å². The van der Waals surface area contributed by atoms with Gasteiger partial charge in [0.1, 0.15) is 0 Å². The van der Waals surface area contributed by atoms with Crippen molar-refractivity contribution in [2.45, 2.75) is 26.3 Å². The van der Waals surface area contributed by atoms with Crippen molar-refractivity contribution < 1.29 is 4.79 Å². The Morgan fingerprint density at radius 3 is 2.50 bits per heavy atom. The average molecular weight is 453 g/mol. The molecule has 0 fully saturated rings. The van der Waals surface area contributed by atoms with Crippen LogP contribution in [0.25, 0.3) is 27.7 Å². The Hall–Kier alpha value is -4.39. The largest absolute Gasteiger partial charge is 0.397 e. The molecule has 7 nitrogen and oxygen atoms in total. The van der Waals surface area contributed by atoms with E-state index in [4.69, 9.17) is 11.5 Å². The van der Waals surface area contributed by atoms with Crippen LogP contribution in [0.1, 0.15) is 36.7 Å². The predicted octanol–water partition coefficient (Wildman–Crippen LogP) is 4.98. The average Bonchev–Trinajstić information content (AvgIpc) is 2.81. The van der Waals surface area contributed by atoms with Crippen molar-refractivity contribution in [3.05, 3.63) is 90.5 Å². The topological polar surface area (TPSA) is 119 Å². The highest BCUT2D eigenvalue weighted by Gasteiger charge is 2.17. The maximum Gasteiger partial charge on any atom is 0.250 e. The number of amides is 1. The molecule has 0 saturated heterocycles. The van der Waals surface area contributed by atoms with E-state index in [2.05, 4.69) is 20.6 Å². The maximum absolute atomic E-state index is 12.0. The number of carbonyl (C=O) groups excluding carboxylic acids is 1. The second kappa shape index (κ2) is 9.23. The SMILES string of the molecule is CC(C)(C)Nc1cc(-c2ccnc3c(N/C=C(\N)c4cccnc4)cccc23)ccc1C(N)=O. The van der Waals surface area contributed by atoms with Crippen molar-refractivity contribution in [1.29, 1.82) is 0 Å². The fourth-order valence-corrected chi connectivity index (χ4v) is 3.75. The Morgan fingerprint density at radius 2 is 1.79 bits per heavy atom. The first-order valence-electron chi connectivity index (χ1n) is 11.0. The summed E-state index contributed by atoms with van der Waals surface area (Å²) in [7, 11) is 0. The zero-order valence-electron chi connectivity index (χ0n) is 19.5. The van der Waals surface area contributed by atoms with Crippen LogP contribution in [0.2, 0.25) is 0 Å². The molecule has 0 aliphatic carbocycles. The van der Waals surface area contributed by atoms with Gasteiger partial charge in [-0.05, 0) is 68.3 Å². The van der Waals surface area contributed by atoms with E-state index in [0.717, 1.165) is 33.3 Å². The van der Waals surface area contributed by atoms with E-state index in [1.807, 2.05) is 69.3 Å². The lowest BCUT2D eigenvalue weighted by Gasteiger charge is -2.24. The quantitative estimate of drug-likeness (QED) is 0.328. The van der Waals surface area contributed by atoms with Crippen molar-refractivity contribution >= 4 is 33.9 Å². The molecule has 0 saturated carbocycles. The molecule has 0 aliphatic heterocycles. The first-order chi connectivity index (χ1) is 16.2. The summed E-state index contributed by atoms with van der Waals surface area (Å²) < 4.78 is 0. The van der Waals surface area contributed by atoms with Crippen molar-refractivity contribution in [3.63, 3.8) is 0 Å². The lowest BCUT2D eigenvalue weighted by molar-refractivity contribution is 0.100. The van der Waals surface area contributed by atoms with Gasteiger partial charge in [0.15, 0.2) is 0 Å². The number of para-hydroxylation sites is 1. The number of hydrogen-bond acceptors (Lipinski definition) is 6. The number of fused-ring (bicyclic) bond motifs is 1. The highest BCUT2D eigenvalue weighted by atomic mass is 16.1. The molecule has 6 N–H and O–H groups in total. The summed E-state index contributed by atoms with van der Waals surface area (Å²) in [6.45, 7) is 6.11. The molecule has 0 unspecified atom stereocenters. The van der Waals surface area contributed by atoms with Crippen LogP contribution in [-0.4, -0.2) is 21.4 Å². The van der Waals surface area contributed by atoms with Crippen molar-refractivity contribution in [1.82, 2.24) is 9.97 Å².